The number of fused-ring (bicyclic) bond motifs is 9. The zero-order valence-corrected chi connectivity index (χ0v) is 38.5. The summed E-state index contributed by atoms with van der Waals surface area (Å²) in [6.07, 6.45) is 15.3. The van der Waals surface area contributed by atoms with E-state index >= 15 is 0 Å². The molecule has 9 atom stereocenters. The van der Waals surface area contributed by atoms with Crippen LogP contribution in [-0.2, 0) is 46.4 Å². The van der Waals surface area contributed by atoms with Crippen molar-refractivity contribution in [1.82, 2.24) is 4.90 Å². The third-order valence-electron chi connectivity index (χ3n) is 15.8. The smallest absolute Gasteiger partial charge is 0.308 e. The molecule has 0 aromatic heterocycles. The molecule has 2 N–H and O–H groups in total. The molecule has 5 aliphatic carbocycles. The van der Waals surface area contributed by atoms with Crippen LogP contribution in [0.5, 0.6) is 5.75 Å². The van der Waals surface area contributed by atoms with Crippen molar-refractivity contribution in [2.75, 3.05) is 27.2 Å². The van der Waals surface area contributed by atoms with Crippen molar-refractivity contribution >= 4 is 29.1 Å². The molecule has 7 aliphatic rings. The highest BCUT2D eigenvalue weighted by Crippen LogP contribution is 2.70. The maximum Gasteiger partial charge on any atom is 0.308 e. The van der Waals surface area contributed by atoms with Crippen LogP contribution in [-0.4, -0.2) is 90.0 Å². The van der Waals surface area contributed by atoms with Gasteiger partial charge in [-0.15, -0.1) is 0 Å². The summed E-state index contributed by atoms with van der Waals surface area (Å²) in [6, 6.07) is 13.9. The lowest BCUT2D eigenvalue weighted by Gasteiger charge is -2.59. The van der Waals surface area contributed by atoms with Crippen LogP contribution in [0.25, 0.3) is 5.57 Å². The highest BCUT2D eigenvalue weighted by molar-refractivity contribution is 6.01. The fraction of sp³-hybridized carbons (Fsp3) is 0.585. The van der Waals surface area contributed by atoms with Crippen molar-refractivity contribution in [2.24, 2.45) is 40.4 Å². The molecule has 11 heteroatoms. The number of allylic oxidation sites excluding steroid dienone is 4. The van der Waals surface area contributed by atoms with Crippen molar-refractivity contribution in [1.29, 1.82) is 0 Å². The number of carboxylic acid groups (broad SMARTS) is 1. The summed E-state index contributed by atoms with van der Waals surface area (Å²) < 4.78 is 25.0. The number of aliphatic hydroxyl groups excluding tert-OH is 1. The van der Waals surface area contributed by atoms with Crippen LogP contribution >= 0.6 is 0 Å². The first kappa shape index (κ1) is 46.1. The van der Waals surface area contributed by atoms with E-state index in [0.717, 1.165) is 90.6 Å². The molecule has 5 fully saturated rings. The zero-order chi connectivity index (χ0) is 45.6. The number of esters is 1. The number of nitrogens with zero attached hydrogens (tertiary/aromatic N) is 1. The van der Waals surface area contributed by atoms with Crippen LogP contribution in [0, 0.1) is 40.4 Å². The van der Waals surface area contributed by atoms with Crippen LogP contribution in [0.15, 0.2) is 72.3 Å². The van der Waals surface area contributed by atoms with Gasteiger partial charge in [-0.25, -0.2) is 0 Å². The van der Waals surface area contributed by atoms with Crippen molar-refractivity contribution in [3.05, 3.63) is 94.6 Å². The number of aliphatic carboxylic acids is 1. The number of Topliss-reactive ketones (excluding diaryl/α,β-unsaturated/α-hetero) is 1. The van der Waals surface area contributed by atoms with Crippen LogP contribution in [0.1, 0.15) is 114 Å². The van der Waals surface area contributed by atoms with Gasteiger partial charge in [0.05, 0.1) is 24.5 Å². The molecule has 2 aromatic carbocycles. The molecule has 1 saturated heterocycles. The fourth-order valence-corrected chi connectivity index (χ4v) is 12.7. The molecule has 64 heavy (non-hydrogen) atoms. The molecule has 2 aromatic rings. The number of carbonyl (C=O) groups is 4. The van der Waals surface area contributed by atoms with Gasteiger partial charge in [0.1, 0.15) is 12.4 Å². The summed E-state index contributed by atoms with van der Waals surface area (Å²) in [7, 11) is 4.11. The van der Waals surface area contributed by atoms with Crippen LogP contribution in [0.3, 0.4) is 0 Å². The second kappa shape index (κ2) is 18.5. The number of benzene rings is 2. The topological polar surface area (TPSA) is 149 Å². The summed E-state index contributed by atoms with van der Waals surface area (Å²) in [4.78, 5) is 52.0. The molecule has 0 bridgehead atoms. The van der Waals surface area contributed by atoms with Crippen molar-refractivity contribution in [2.45, 2.75) is 129 Å². The van der Waals surface area contributed by atoms with E-state index in [2.05, 4.69) is 51.1 Å². The third-order valence-corrected chi connectivity index (χ3v) is 15.8. The van der Waals surface area contributed by atoms with E-state index in [1.807, 2.05) is 36.4 Å². The lowest BCUT2D eigenvalue weighted by molar-refractivity contribution is -0.210. The van der Waals surface area contributed by atoms with E-state index < -0.39 is 41.5 Å². The Morgan fingerprint density at radius 1 is 1.02 bits per heavy atom. The molecule has 2 aliphatic heterocycles. The summed E-state index contributed by atoms with van der Waals surface area (Å²) in [6.45, 7) is 8.91. The average Bonchev–Trinajstić information content (AvgIpc) is 3.71. The van der Waals surface area contributed by atoms with E-state index in [-0.39, 0.29) is 59.6 Å². The first-order chi connectivity index (χ1) is 30.6. The molecule has 0 spiro atoms. The number of ketones is 2. The maximum atomic E-state index is 14.2. The Bertz CT molecular complexity index is 2220. The molecular formula is C53H67NO10. The molecule has 9 rings (SSSR count). The molecule has 0 radical (unpaired) electrons. The Morgan fingerprint density at radius 3 is 2.52 bits per heavy atom. The van der Waals surface area contributed by atoms with Gasteiger partial charge in [-0.1, -0.05) is 95.0 Å². The number of hydrogen-bond donors (Lipinski definition) is 2. The zero-order valence-electron chi connectivity index (χ0n) is 38.5. The average molecular weight is 878 g/mol. The second-order valence-corrected chi connectivity index (χ2v) is 20.4. The number of ether oxygens (including phenoxy) is 4. The summed E-state index contributed by atoms with van der Waals surface area (Å²) in [5.41, 5.74) is 4.00. The summed E-state index contributed by atoms with van der Waals surface area (Å²) in [5, 5.41) is 21.0. The first-order valence-electron chi connectivity index (χ1n) is 23.6. The van der Waals surface area contributed by atoms with E-state index in [9.17, 15) is 24.3 Å². The largest absolute Gasteiger partial charge is 0.488 e. The SMILES string of the molecule is CC(C)C(=O)OCC(=O)[C@@]12O[C@H](C3CCCCC3)O[C@@H]1C[C@H]1[C@@H]3CCC4=CC(=O)C=C[C@]4(C)[C@H]3[C@@H](O)C[C@@]12C.CN(C)CC/C=C1/c2ccccc2COc2ccc(CC(=O)O)cc21. The number of aliphatic hydroxyl groups is 1. The van der Waals surface area contributed by atoms with Gasteiger partial charge in [0.2, 0.25) is 5.78 Å². The normalized spacial score (nSPS) is 33.3. The minimum atomic E-state index is -1.25. The maximum absolute atomic E-state index is 14.2. The van der Waals surface area contributed by atoms with Gasteiger partial charge in [-0.3, -0.25) is 19.2 Å². The van der Waals surface area contributed by atoms with Crippen molar-refractivity contribution < 1.29 is 48.3 Å². The minimum Gasteiger partial charge on any atom is -0.488 e. The number of carboxylic acids is 1. The molecule has 4 saturated carbocycles. The molecule has 0 amide bonds. The molecular weight excluding hydrogens is 811 g/mol. The van der Waals surface area contributed by atoms with Crippen LogP contribution < -0.4 is 4.74 Å². The van der Waals surface area contributed by atoms with E-state index in [1.54, 1.807) is 26.0 Å². The Balaban J connectivity index is 0.000000193. The van der Waals surface area contributed by atoms with Gasteiger partial charge in [-0.05, 0) is 117 Å². The second-order valence-electron chi connectivity index (χ2n) is 20.4. The fourth-order valence-electron chi connectivity index (χ4n) is 12.7. The Morgan fingerprint density at radius 2 is 1.78 bits per heavy atom. The predicted octanol–water partition coefficient (Wildman–Crippen LogP) is 8.29. The Hall–Kier alpha value is -4.42. The first-order valence-corrected chi connectivity index (χ1v) is 23.6. The van der Waals surface area contributed by atoms with Gasteiger partial charge >= 0.3 is 11.9 Å². The van der Waals surface area contributed by atoms with Gasteiger partial charge in [0, 0.05) is 34.8 Å². The minimum absolute atomic E-state index is 0.0138. The summed E-state index contributed by atoms with van der Waals surface area (Å²) in [5.74, 6) is -0.490. The predicted molar refractivity (Wildman–Crippen MR) is 242 cm³/mol. The van der Waals surface area contributed by atoms with E-state index in [1.165, 1.54) is 6.42 Å². The lowest BCUT2D eigenvalue weighted by Crippen LogP contribution is -2.63. The van der Waals surface area contributed by atoms with Crippen LogP contribution in [0.2, 0.25) is 0 Å². The molecule has 11 nitrogen and oxygen atoms in total. The quantitative estimate of drug-likeness (QED) is 0.222. The highest BCUT2D eigenvalue weighted by atomic mass is 16.7. The summed E-state index contributed by atoms with van der Waals surface area (Å²) >= 11 is 0. The van der Waals surface area contributed by atoms with Gasteiger partial charge in [0.25, 0.3) is 0 Å². The van der Waals surface area contributed by atoms with E-state index in [0.29, 0.717) is 19.4 Å². The third kappa shape index (κ3) is 8.46. The van der Waals surface area contributed by atoms with Crippen LogP contribution in [0.4, 0.5) is 0 Å². The number of carbonyl (C=O) groups excluding carboxylic acids is 3. The molecule has 0 unspecified atom stereocenters. The van der Waals surface area contributed by atoms with E-state index in [4.69, 9.17) is 24.1 Å². The monoisotopic (exact) mass is 877 g/mol. The number of rotatable bonds is 10. The Kier molecular flexibility index (Phi) is 13.3. The van der Waals surface area contributed by atoms with Crippen molar-refractivity contribution in [3.63, 3.8) is 0 Å². The van der Waals surface area contributed by atoms with Crippen molar-refractivity contribution in [3.8, 4) is 5.75 Å². The van der Waals surface area contributed by atoms with Gasteiger partial charge < -0.3 is 34.1 Å². The number of hydrogen-bond acceptors (Lipinski definition) is 10. The standard InChI is InChI=1S/C32H44O7.C21H23NO3/c1-18(2)28(36)37-17-25(35)32-26(38-29(39-32)19-8-6-5-7-9-19)15-23-22-11-10-20-14-21(33)12-13-30(20,3)27(22)24(34)16-31(23,32)4;1-22(2)11-5-8-18-17-7-4-3-6-16(17)14-25-20-10-9-15(12-19(18)20)13-21(23)24/h12-14,18-19,22-24,26-27,29,34H,5-11,15-17H2,1-4H3;3-4,6-10,12H,5,11,13-14H2,1-2H3,(H,23,24)/b;18-8-/t22-,23-,24-,26+,27+,29+,30-,31-,32+;/m0./s1. The molecule has 344 valence electrons. The lowest BCUT2D eigenvalue weighted by atomic mass is 9.46. The molecule has 2 heterocycles. The van der Waals surface area contributed by atoms with Gasteiger partial charge in [0.15, 0.2) is 24.3 Å². The highest BCUT2D eigenvalue weighted by Gasteiger charge is 2.76. The van der Waals surface area contributed by atoms with Gasteiger partial charge in [-0.2, -0.15) is 0 Å². The Labute approximate surface area is 378 Å².